The Balaban J connectivity index is 1.73. The lowest BCUT2D eigenvalue weighted by atomic mass is 9.98. The minimum Gasteiger partial charge on any atom is -0.497 e. The van der Waals surface area contributed by atoms with Gasteiger partial charge in [-0.1, -0.05) is 29.8 Å². The number of aryl methyl sites for hydroxylation is 2. The SMILES string of the molecule is COc1ccc(CN(Cc2cccnc2)[C@@H](c2cc3cc(C)cc(C)c3[nH]c2=O)c2nnnn2C(C)(C)C)cc1. The van der Waals surface area contributed by atoms with E-state index in [1.54, 1.807) is 13.3 Å². The Hall–Kier alpha value is -4.37. The molecule has 0 aliphatic rings. The van der Waals surface area contributed by atoms with Crippen LogP contribution in [0, 0.1) is 13.8 Å². The lowest BCUT2D eigenvalue weighted by Gasteiger charge is -2.33. The molecule has 0 bridgehead atoms. The zero-order valence-electron chi connectivity index (χ0n) is 23.8. The van der Waals surface area contributed by atoms with Crippen LogP contribution >= 0.6 is 0 Å². The maximum absolute atomic E-state index is 13.9. The summed E-state index contributed by atoms with van der Waals surface area (Å²) in [6, 6.07) is 17.5. The average Bonchev–Trinajstić information content (AvgIpc) is 3.41. The second kappa shape index (κ2) is 11.0. The molecule has 0 radical (unpaired) electrons. The van der Waals surface area contributed by atoms with Crippen molar-refractivity contribution in [1.29, 1.82) is 0 Å². The molecule has 5 aromatic rings. The summed E-state index contributed by atoms with van der Waals surface area (Å²) in [4.78, 5) is 23.6. The molecule has 5 rings (SSSR count). The zero-order chi connectivity index (χ0) is 28.4. The molecule has 3 heterocycles. The summed E-state index contributed by atoms with van der Waals surface area (Å²) in [5.74, 6) is 1.38. The standard InChI is InChI=1S/C31H35N7O2/c1-20-14-21(2)27-24(15-20)16-26(30(39)33-27)28(29-34-35-36-38(29)31(3,4)5)37(19-23-8-7-13-32-17-23)18-22-9-11-25(40-6)12-10-22/h7-17,28H,18-19H2,1-6H3,(H,33,39)/t28-/m0/s1. The molecule has 1 atom stereocenters. The van der Waals surface area contributed by atoms with Gasteiger partial charge in [-0.3, -0.25) is 14.7 Å². The predicted molar refractivity (Wildman–Crippen MR) is 155 cm³/mol. The van der Waals surface area contributed by atoms with E-state index in [1.807, 2.05) is 60.3 Å². The van der Waals surface area contributed by atoms with Gasteiger partial charge in [-0.15, -0.1) is 5.10 Å². The Morgan fingerprint density at radius 2 is 1.77 bits per heavy atom. The highest BCUT2D eigenvalue weighted by molar-refractivity contribution is 5.83. The number of nitrogens with one attached hydrogen (secondary N) is 1. The quantitative estimate of drug-likeness (QED) is 0.294. The van der Waals surface area contributed by atoms with Gasteiger partial charge in [0.25, 0.3) is 5.56 Å². The van der Waals surface area contributed by atoms with Crippen molar-refractivity contribution in [3.8, 4) is 5.75 Å². The molecule has 0 aliphatic carbocycles. The molecule has 0 saturated carbocycles. The maximum Gasteiger partial charge on any atom is 0.253 e. The van der Waals surface area contributed by atoms with Gasteiger partial charge in [0.2, 0.25) is 0 Å². The number of aromatic amines is 1. The van der Waals surface area contributed by atoms with Gasteiger partial charge in [-0.25, -0.2) is 4.68 Å². The lowest BCUT2D eigenvalue weighted by molar-refractivity contribution is 0.184. The molecule has 0 spiro atoms. The molecule has 0 aliphatic heterocycles. The van der Waals surface area contributed by atoms with Gasteiger partial charge in [0, 0.05) is 31.0 Å². The minimum absolute atomic E-state index is 0.168. The fourth-order valence-electron chi connectivity index (χ4n) is 5.18. The Morgan fingerprint density at radius 1 is 1.02 bits per heavy atom. The van der Waals surface area contributed by atoms with Crippen molar-refractivity contribution in [2.45, 2.75) is 59.3 Å². The molecule has 0 unspecified atom stereocenters. The van der Waals surface area contributed by atoms with Crippen LogP contribution in [0.1, 0.15) is 60.5 Å². The number of pyridine rings is 2. The number of rotatable bonds is 8. The van der Waals surface area contributed by atoms with Gasteiger partial charge in [-0.2, -0.15) is 0 Å². The van der Waals surface area contributed by atoms with Crippen molar-refractivity contribution >= 4 is 10.9 Å². The van der Waals surface area contributed by atoms with Crippen LogP contribution < -0.4 is 10.3 Å². The van der Waals surface area contributed by atoms with E-state index in [-0.39, 0.29) is 5.56 Å². The zero-order valence-corrected chi connectivity index (χ0v) is 23.8. The van der Waals surface area contributed by atoms with E-state index < -0.39 is 11.6 Å². The van der Waals surface area contributed by atoms with Crippen LogP contribution in [0.15, 0.2) is 71.8 Å². The van der Waals surface area contributed by atoms with Crippen molar-refractivity contribution in [3.05, 3.63) is 111 Å². The maximum atomic E-state index is 13.9. The van der Waals surface area contributed by atoms with Crippen molar-refractivity contribution < 1.29 is 4.74 Å². The third-order valence-electron chi connectivity index (χ3n) is 7.01. The van der Waals surface area contributed by atoms with Crippen LogP contribution in [-0.2, 0) is 18.6 Å². The molecule has 9 heteroatoms. The number of methoxy groups -OCH3 is 1. The van der Waals surface area contributed by atoms with Crippen molar-refractivity contribution in [1.82, 2.24) is 35.1 Å². The minimum atomic E-state index is -0.550. The summed E-state index contributed by atoms with van der Waals surface area (Å²) in [5, 5.41) is 13.9. The third-order valence-corrected chi connectivity index (χ3v) is 7.01. The van der Waals surface area contributed by atoms with Gasteiger partial charge in [-0.05, 0) is 97.5 Å². The smallest absolute Gasteiger partial charge is 0.253 e. The van der Waals surface area contributed by atoms with E-state index in [1.165, 1.54) is 0 Å². The van der Waals surface area contributed by atoms with E-state index in [0.29, 0.717) is 24.5 Å². The number of fused-ring (bicyclic) bond motifs is 1. The van der Waals surface area contributed by atoms with Crippen LogP contribution in [-0.4, -0.2) is 42.2 Å². The van der Waals surface area contributed by atoms with Gasteiger partial charge >= 0.3 is 0 Å². The monoisotopic (exact) mass is 537 g/mol. The second-order valence-corrected chi connectivity index (χ2v) is 11.2. The highest BCUT2D eigenvalue weighted by Crippen LogP contribution is 2.32. The fraction of sp³-hybridized carbons (Fsp3) is 0.323. The van der Waals surface area contributed by atoms with E-state index in [4.69, 9.17) is 4.74 Å². The second-order valence-electron chi connectivity index (χ2n) is 11.2. The normalized spacial score (nSPS) is 12.7. The van der Waals surface area contributed by atoms with Crippen LogP contribution in [0.3, 0.4) is 0 Å². The number of hydrogen-bond donors (Lipinski definition) is 1. The molecule has 0 fully saturated rings. The number of H-pyrrole nitrogens is 1. The highest BCUT2D eigenvalue weighted by atomic mass is 16.5. The molecule has 2 aromatic carbocycles. The summed E-state index contributed by atoms with van der Waals surface area (Å²) in [6.07, 6.45) is 3.61. The molecule has 3 aromatic heterocycles. The van der Waals surface area contributed by atoms with Crippen LogP contribution in [0.2, 0.25) is 0 Å². The summed E-state index contributed by atoms with van der Waals surface area (Å²) in [7, 11) is 1.65. The van der Waals surface area contributed by atoms with Crippen LogP contribution in [0.25, 0.3) is 10.9 Å². The van der Waals surface area contributed by atoms with E-state index in [9.17, 15) is 4.79 Å². The Labute approximate surface area is 233 Å². The molecule has 0 amide bonds. The molecular weight excluding hydrogens is 502 g/mol. The summed E-state index contributed by atoms with van der Waals surface area (Å²) < 4.78 is 7.19. The van der Waals surface area contributed by atoms with Gasteiger partial charge in [0.1, 0.15) is 11.8 Å². The van der Waals surface area contributed by atoms with Gasteiger partial charge in [0.05, 0.1) is 18.2 Å². The molecule has 40 heavy (non-hydrogen) atoms. The largest absolute Gasteiger partial charge is 0.497 e. The number of hydrogen-bond acceptors (Lipinski definition) is 7. The first-order valence-corrected chi connectivity index (χ1v) is 13.3. The topological polar surface area (TPSA) is 102 Å². The summed E-state index contributed by atoms with van der Waals surface area (Å²) >= 11 is 0. The van der Waals surface area contributed by atoms with Gasteiger partial charge in [0.15, 0.2) is 5.82 Å². The Bertz CT molecular complexity index is 1670. The first-order valence-electron chi connectivity index (χ1n) is 13.3. The lowest BCUT2D eigenvalue weighted by Crippen LogP contribution is -2.37. The predicted octanol–water partition coefficient (Wildman–Crippen LogP) is 5.08. The first-order chi connectivity index (χ1) is 19.1. The van der Waals surface area contributed by atoms with Gasteiger partial charge < -0.3 is 9.72 Å². The first kappa shape index (κ1) is 27.2. The Kier molecular flexibility index (Phi) is 7.49. The molecular formula is C31H35N7O2. The number of benzene rings is 2. The molecule has 0 saturated heterocycles. The molecule has 206 valence electrons. The number of nitrogens with zero attached hydrogens (tertiary/aromatic N) is 6. The Morgan fingerprint density at radius 3 is 2.45 bits per heavy atom. The number of aromatic nitrogens is 6. The summed E-state index contributed by atoms with van der Waals surface area (Å²) in [5.41, 5.74) is 5.07. The van der Waals surface area contributed by atoms with E-state index >= 15 is 0 Å². The van der Waals surface area contributed by atoms with Crippen LogP contribution in [0.5, 0.6) is 5.75 Å². The fourth-order valence-corrected chi connectivity index (χ4v) is 5.18. The highest BCUT2D eigenvalue weighted by Gasteiger charge is 2.33. The molecule has 1 N–H and O–H groups in total. The summed E-state index contributed by atoms with van der Waals surface area (Å²) in [6.45, 7) is 11.3. The van der Waals surface area contributed by atoms with Crippen molar-refractivity contribution in [2.75, 3.05) is 7.11 Å². The average molecular weight is 538 g/mol. The molecule has 9 nitrogen and oxygen atoms in total. The van der Waals surface area contributed by atoms with Crippen molar-refractivity contribution in [2.24, 2.45) is 0 Å². The van der Waals surface area contributed by atoms with Crippen LogP contribution in [0.4, 0.5) is 0 Å². The number of ether oxygens (including phenoxy) is 1. The van der Waals surface area contributed by atoms with Crippen molar-refractivity contribution in [3.63, 3.8) is 0 Å². The van der Waals surface area contributed by atoms with E-state index in [0.717, 1.165) is 38.9 Å². The number of tetrazole rings is 1. The third kappa shape index (κ3) is 5.65. The van der Waals surface area contributed by atoms with E-state index in [2.05, 4.69) is 70.2 Å².